The van der Waals surface area contributed by atoms with Gasteiger partial charge >= 0.3 is 12.1 Å². The monoisotopic (exact) mass is 265 g/mol. The lowest BCUT2D eigenvalue weighted by Gasteiger charge is -2.23. The Bertz CT molecular complexity index is 291. The van der Waals surface area contributed by atoms with Gasteiger partial charge in [-0.2, -0.15) is 0 Å². The van der Waals surface area contributed by atoms with Crippen LogP contribution in [0, 0.1) is 0 Å². The number of hydrogen-bond acceptors (Lipinski definition) is 4. The highest BCUT2D eigenvalue weighted by Gasteiger charge is 2.26. The third kappa shape index (κ3) is 8.80. The second-order valence-corrected chi connectivity index (χ2v) is 5.98. The number of ether oxygens (including phenoxy) is 2. The van der Waals surface area contributed by atoms with Gasteiger partial charge in [-0.25, -0.2) is 9.59 Å². The van der Waals surface area contributed by atoms with Crippen LogP contribution < -0.4 is 5.32 Å². The van der Waals surface area contributed by atoms with E-state index in [-0.39, 0.29) is 0 Å². The Balaban J connectivity index is 4.22. The first-order valence-electron chi connectivity index (χ1n) is 5.27. The van der Waals surface area contributed by atoms with E-state index in [9.17, 15) is 9.59 Å². The number of halogens is 1. The van der Waals surface area contributed by atoms with Crippen molar-refractivity contribution in [1.29, 1.82) is 0 Å². The van der Waals surface area contributed by atoms with Gasteiger partial charge in [0.25, 0.3) is 0 Å². The van der Waals surface area contributed by atoms with E-state index in [0.29, 0.717) is 0 Å². The van der Waals surface area contributed by atoms with Crippen molar-refractivity contribution in [1.82, 2.24) is 5.32 Å². The smallest absolute Gasteiger partial charge is 0.409 e. The molecule has 0 radical (unpaired) electrons. The molecule has 1 atom stereocenters. The van der Waals surface area contributed by atoms with Gasteiger partial charge in [0, 0.05) is 0 Å². The molecule has 0 aliphatic carbocycles. The first-order valence-corrected chi connectivity index (χ1v) is 5.71. The van der Waals surface area contributed by atoms with E-state index in [4.69, 9.17) is 21.1 Å². The molecule has 1 unspecified atom stereocenters. The van der Waals surface area contributed by atoms with Crippen molar-refractivity contribution in [3.63, 3.8) is 0 Å². The fraction of sp³-hybridized carbons (Fsp3) is 0.818. The first-order chi connectivity index (χ1) is 7.41. The predicted octanol–water partition coefficient (Wildman–Crippen LogP) is 2.42. The molecule has 0 bridgehead atoms. The van der Waals surface area contributed by atoms with E-state index in [2.05, 4.69) is 5.32 Å². The van der Waals surface area contributed by atoms with Crippen LogP contribution in [0.3, 0.4) is 0 Å². The largest absolute Gasteiger partial charge is 0.458 e. The normalized spacial score (nSPS) is 13.8. The number of amides is 1. The van der Waals surface area contributed by atoms with Gasteiger partial charge in [-0.15, -0.1) is 0 Å². The summed E-state index contributed by atoms with van der Waals surface area (Å²) in [5, 5.41) is 2.19. The third-order valence-electron chi connectivity index (χ3n) is 1.26. The van der Waals surface area contributed by atoms with Crippen LogP contribution in [0.4, 0.5) is 4.79 Å². The lowest BCUT2D eigenvalue weighted by molar-refractivity contribution is -0.155. The number of alkyl halides is 1. The summed E-state index contributed by atoms with van der Waals surface area (Å²) in [4.78, 5) is 22.7. The molecule has 0 aromatic rings. The van der Waals surface area contributed by atoms with Crippen LogP contribution in [0.5, 0.6) is 0 Å². The third-order valence-corrected chi connectivity index (χ3v) is 1.54. The second-order valence-electron chi connectivity index (χ2n) is 5.54. The number of nitrogens with one attached hydrogen (secondary N) is 1. The van der Waals surface area contributed by atoms with Crippen LogP contribution in [-0.2, 0) is 14.3 Å². The number of alkyl carbamates (subject to hydrolysis) is 1. The Labute approximate surface area is 107 Å². The van der Waals surface area contributed by atoms with E-state index in [1.165, 1.54) is 0 Å². The molecule has 0 spiro atoms. The van der Waals surface area contributed by atoms with E-state index in [1.54, 1.807) is 41.5 Å². The number of hydrogen-bond donors (Lipinski definition) is 1. The molecule has 0 aliphatic rings. The fourth-order valence-corrected chi connectivity index (χ4v) is 0.957. The molecule has 0 aromatic carbocycles. The molecule has 0 heterocycles. The van der Waals surface area contributed by atoms with Gasteiger partial charge in [0.15, 0.2) is 0 Å². The highest BCUT2D eigenvalue weighted by Crippen LogP contribution is 2.11. The SMILES string of the molecule is CC(C)(C)OC(=O)NC(Cl)C(=O)OC(C)(C)C. The highest BCUT2D eigenvalue weighted by atomic mass is 35.5. The van der Waals surface area contributed by atoms with Gasteiger partial charge in [-0.3, -0.25) is 5.32 Å². The van der Waals surface area contributed by atoms with Gasteiger partial charge in [0.1, 0.15) is 11.2 Å². The fourth-order valence-electron chi connectivity index (χ4n) is 0.823. The Hall–Kier alpha value is -0.970. The Morgan fingerprint density at radius 2 is 1.41 bits per heavy atom. The maximum Gasteiger partial charge on any atom is 0.409 e. The summed E-state index contributed by atoms with van der Waals surface area (Å²) in [6.45, 7) is 10.3. The second kappa shape index (κ2) is 5.58. The molecule has 100 valence electrons. The zero-order valence-corrected chi connectivity index (χ0v) is 11.8. The van der Waals surface area contributed by atoms with Crippen molar-refractivity contribution < 1.29 is 19.1 Å². The van der Waals surface area contributed by atoms with Gasteiger partial charge in [-0.1, -0.05) is 11.6 Å². The molecule has 5 nitrogen and oxygen atoms in total. The Morgan fingerprint density at radius 1 is 1.00 bits per heavy atom. The average molecular weight is 266 g/mol. The summed E-state index contributed by atoms with van der Waals surface area (Å²) in [5.74, 6) is -0.718. The van der Waals surface area contributed by atoms with Gasteiger partial charge < -0.3 is 9.47 Å². The van der Waals surface area contributed by atoms with E-state index >= 15 is 0 Å². The first kappa shape index (κ1) is 16.0. The lowest BCUT2D eigenvalue weighted by Crippen LogP contribution is -2.42. The Kier molecular flexibility index (Phi) is 5.26. The molecular weight excluding hydrogens is 246 g/mol. The summed E-state index contributed by atoms with van der Waals surface area (Å²) >= 11 is 5.67. The zero-order chi connectivity index (χ0) is 13.9. The number of rotatable bonds is 2. The van der Waals surface area contributed by atoms with E-state index < -0.39 is 28.8 Å². The number of esters is 1. The summed E-state index contributed by atoms with van der Waals surface area (Å²) in [7, 11) is 0. The standard InChI is InChI=1S/C11H20ClNO4/c1-10(2,3)16-8(14)7(12)13-9(15)17-11(4,5)6/h7H,1-6H3,(H,13,15). The highest BCUT2D eigenvalue weighted by molar-refractivity contribution is 6.30. The van der Waals surface area contributed by atoms with E-state index in [0.717, 1.165) is 0 Å². The summed E-state index contributed by atoms with van der Waals surface area (Å²) in [6, 6.07) is 0. The zero-order valence-electron chi connectivity index (χ0n) is 11.1. The molecule has 1 N–H and O–H groups in total. The van der Waals surface area contributed by atoms with Gasteiger partial charge in [0.05, 0.1) is 0 Å². The summed E-state index contributed by atoms with van der Waals surface area (Å²) < 4.78 is 9.94. The minimum atomic E-state index is -1.26. The quantitative estimate of drug-likeness (QED) is 0.473. The molecule has 0 rings (SSSR count). The maximum absolute atomic E-state index is 11.4. The molecule has 0 aliphatic heterocycles. The summed E-state index contributed by atoms with van der Waals surface area (Å²) in [6.07, 6.45) is -0.761. The number of carbonyl (C=O) groups excluding carboxylic acids is 2. The van der Waals surface area contributed by atoms with Gasteiger partial charge in [-0.05, 0) is 41.5 Å². The van der Waals surface area contributed by atoms with Crippen LogP contribution in [0.1, 0.15) is 41.5 Å². The maximum atomic E-state index is 11.4. The topological polar surface area (TPSA) is 64.6 Å². The van der Waals surface area contributed by atoms with Crippen LogP contribution in [0.15, 0.2) is 0 Å². The average Bonchev–Trinajstić information content (AvgIpc) is 1.95. The number of carbonyl (C=O) groups is 2. The minimum absolute atomic E-state index is 0.644. The van der Waals surface area contributed by atoms with Crippen molar-refractivity contribution in [2.75, 3.05) is 0 Å². The molecule has 1 amide bonds. The van der Waals surface area contributed by atoms with Crippen molar-refractivity contribution in [3.8, 4) is 0 Å². The van der Waals surface area contributed by atoms with E-state index in [1.807, 2.05) is 0 Å². The van der Waals surface area contributed by atoms with Crippen molar-refractivity contribution in [2.45, 2.75) is 58.2 Å². The van der Waals surface area contributed by atoms with Crippen LogP contribution >= 0.6 is 11.6 Å². The van der Waals surface area contributed by atoms with Gasteiger partial charge in [0.2, 0.25) is 5.50 Å². The molecule has 0 aromatic heterocycles. The molecule has 6 heteroatoms. The van der Waals surface area contributed by atoms with Crippen molar-refractivity contribution in [2.24, 2.45) is 0 Å². The van der Waals surface area contributed by atoms with Crippen molar-refractivity contribution >= 4 is 23.7 Å². The van der Waals surface area contributed by atoms with Crippen LogP contribution in [-0.4, -0.2) is 28.8 Å². The summed E-state index contributed by atoms with van der Waals surface area (Å²) in [5.41, 5.74) is -2.56. The minimum Gasteiger partial charge on any atom is -0.458 e. The molecule has 0 saturated carbocycles. The predicted molar refractivity (Wildman–Crippen MR) is 64.9 cm³/mol. The lowest BCUT2D eigenvalue weighted by atomic mass is 10.2. The molecule has 0 fully saturated rings. The van der Waals surface area contributed by atoms with Crippen molar-refractivity contribution in [3.05, 3.63) is 0 Å². The Morgan fingerprint density at radius 3 is 1.76 bits per heavy atom. The van der Waals surface area contributed by atoms with Crippen LogP contribution in [0.25, 0.3) is 0 Å². The molecular formula is C11H20ClNO4. The van der Waals surface area contributed by atoms with Crippen LogP contribution in [0.2, 0.25) is 0 Å². The molecule has 0 saturated heterocycles. The molecule has 17 heavy (non-hydrogen) atoms.